The molecule has 0 amide bonds. The molecule has 4 heteroatoms. The number of hydrogen-bond acceptors (Lipinski definition) is 1. The first-order chi connectivity index (χ1) is 11.7. The van der Waals surface area contributed by atoms with Crippen molar-refractivity contribution in [1.29, 1.82) is 0 Å². The van der Waals surface area contributed by atoms with E-state index in [1.54, 1.807) is 0 Å². The van der Waals surface area contributed by atoms with E-state index in [4.69, 9.17) is 4.98 Å². The molecule has 0 bridgehead atoms. The van der Waals surface area contributed by atoms with Crippen molar-refractivity contribution in [2.45, 2.75) is 6.92 Å². The van der Waals surface area contributed by atoms with Crippen molar-refractivity contribution in [3.05, 3.63) is 75.9 Å². The van der Waals surface area contributed by atoms with Crippen LogP contribution in [0, 0.1) is 10.5 Å². The number of rotatable bonds is 1. The average molecular weight is 423 g/mol. The highest BCUT2D eigenvalue weighted by molar-refractivity contribution is 14.1. The Hall–Kier alpha value is -2.34. The highest BCUT2D eigenvalue weighted by atomic mass is 127. The van der Waals surface area contributed by atoms with Crippen LogP contribution in [0.25, 0.3) is 33.5 Å². The second-order valence-electron chi connectivity index (χ2n) is 6.01. The number of para-hydroxylation sites is 3. The summed E-state index contributed by atoms with van der Waals surface area (Å²) >= 11 is 2.36. The predicted molar refractivity (Wildman–Crippen MR) is 107 cm³/mol. The zero-order chi connectivity index (χ0) is 16.3. The van der Waals surface area contributed by atoms with Crippen molar-refractivity contribution >= 4 is 50.4 Å². The van der Waals surface area contributed by atoms with Gasteiger partial charge in [0.2, 0.25) is 5.78 Å². The fraction of sp³-hybridized carbons (Fsp3) is 0.0500. The third-order valence-electron chi connectivity index (χ3n) is 4.47. The molecular formula is C20H14IN3. The van der Waals surface area contributed by atoms with Crippen LogP contribution in [0.3, 0.4) is 0 Å². The number of aryl methyl sites for hydroxylation is 1. The topological polar surface area (TPSA) is 22.2 Å². The summed E-state index contributed by atoms with van der Waals surface area (Å²) in [5.74, 6) is 0.958. The van der Waals surface area contributed by atoms with Crippen molar-refractivity contribution in [3.63, 3.8) is 0 Å². The molecule has 0 unspecified atom stereocenters. The molecule has 3 nitrogen and oxygen atoms in total. The van der Waals surface area contributed by atoms with Gasteiger partial charge in [0.25, 0.3) is 0 Å². The zero-order valence-corrected chi connectivity index (χ0v) is 15.2. The number of benzene rings is 3. The maximum atomic E-state index is 4.97. The van der Waals surface area contributed by atoms with E-state index in [-0.39, 0.29) is 0 Å². The number of imidazole rings is 2. The Kier molecular flexibility index (Phi) is 2.97. The highest BCUT2D eigenvalue weighted by Gasteiger charge is 2.17. The normalized spacial score (nSPS) is 11.8. The molecular weight excluding hydrogens is 409 g/mol. The van der Waals surface area contributed by atoms with E-state index in [0.717, 1.165) is 22.5 Å². The van der Waals surface area contributed by atoms with Gasteiger partial charge in [-0.25, -0.2) is 4.98 Å². The SMILES string of the molecule is Cc1ccc(-n2c3ccccc3n3c4cccc(I)c4nc23)cc1. The summed E-state index contributed by atoms with van der Waals surface area (Å²) < 4.78 is 5.67. The van der Waals surface area contributed by atoms with Gasteiger partial charge in [0, 0.05) is 9.26 Å². The number of nitrogens with zero attached hydrogens (tertiary/aromatic N) is 3. The first-order valence-corrected chi connectivity index (χ1v) is 8.95. The first kappa shape index (κ1) is 14.0. The number of hydrogen-bond donors (Lipinski definition) is 0. The van der Waals surface area contributed by atoms with Crippen molar-refractivity contribution in [1.82, 2.24) is 14.0 Å². The molecule has 5 aromatic rings. The Morgan fingerprint density at radius 1 is 0.792 bits per heavy atom. The number of halogens is 1. The minimum Gasteiger partial charge on any atom is -0.278 e. The Labute approximate surface area is 152 Å². The van der Waals surface area contributed by atoms with Crippen molar-refractivity contribution < 1.29 is 0 Å². The van der Waals surface area contributed by atoms with Crippen molar-refractivity contribution in [3.8, 4) is 5.69 Å². The lowest BCUT2D eigenvalue weighted by molar-refractivity contribution is 1.11. The predicted octanol–water partition coefficient (Wildman–Crippen LogP) is 5.34. The average Bonchev–Trinajstić information content (AvgIpc) is 3.12. The first-order valence-electron chi connectivity index (χ1n) is 7.87. The maximum Gasteiger partial charge on any atom is 0.220 e. The fourth-order valence-corrected chi connectivity index (χ4v) is 3.94. The van der Waals surface area contributed by atoms with E-state index >= 15 is 0 Å². The van der Waals surface area contributed by atoms with Crippen LogP contribution >= 0.6 is 22.6 Å². The minimum atomic E-state index is 0.958. The van der Waals surface area contributed by atoms with E-state index in [9.17, 15) is 0 Å². The molecule has 116 valence electrons. The van der Waals surface area contributed by atoms with E-state index in [1.807, 2.05) is 0 Å². The molecule has 0 aliphatic heterocycles. The Balaban J connectivity index is 2.02. The molecule has 0 spiro atoms. The molecule has 0 radical (unpaired) electrons. The lowest BCUT2D eigenvalue weighted by Gasteiger charge is -2.05. The summed E-state index contributed by atoms with van der Waals surface area (Å²) in [5.41, 5.74) is 6.95. The third-order valence-corrected chi connectivity index (χ3v) is 5.34. The second-order valence-corrected chi connectivity index (χ2v) is 7.18. The van der Waals surface area contributed by atoms with Gasteiger partial charge in [-0.3, -0.25) is 8.97 Å². The molecule has 0 N–H and O–H groups in total. The van der Waals surface area contributed by atoms with E-state index in [1.165, 1.54) is 20.2 Å². The van der Waals surface area contributed by atoms with Gasteiger partial charge in [-0.15, -0.1) is 0 Å². The molecule has 0 saturated heterocycles. The van der Waals surface area contributed by atoms with Crippen LogP contribution in [0.4, 0.5) is 0 Å². The molecule has 0 fully saturated rings. The Morgan fingerprint density at radius 2 is 1.50 bits per heavy atom. The molecule has 2 heterocycles. The largest absolute Gasteiger partial charge is 0.278 e. The lowest BCUT2D eigenvalue weighted by Crippen LogP contribution is -1.94. The van der Waals surface area contributed by atoms with Gasteiger partial charge in [0.1, 0.15) is 5.52 Å². The Morgan fingerprint density at radius 3 is 2.29 bits per heavy atom. The van der Waals surface area contributed by atoms with E-state index in [0.29, 0.717) is 0 Å². The highest BCUT2D eigenvalue weighted by Crippen LogP contribution is 2.30. The quantitative estimate of drug-likeness (QED) is 0.334. The molecule has 2 aromatic heterocycles. The molecule has 0 saturated carbocycles. The standard InChI is InChI=1S/C20H14IN3/c1-13-9-11-14(12-10-13)23-16-6-2-3-7-17(16)24-18-8-4-5-15(21)19(18)22-20(23)24/h2-12H,1H3. The van der Waals surface area contributed by atoms with Gasteiger partial charge < -0.3 is 0 Å². The van der Waals surface area contributed by atoms with Crippen LogP contribution in [0.15, 0.2) is 66.7 Å². The zero-order valence-electron chi connectivity index (χ0n) is 13.1. The van der Waals surface area contributed by atoms with Gasteiger partial charge in [0.15, 0.2) is 0 Å². The van der Waals surface area contributed by atoms with Gasteiger partial charge in [-0.2, -0.15) is 0 Å². The fourth-order valence-electron chi connectivity index (χ4n) is 3.34. The lowest BCUT2D eigenvalue weighted by atomic mass is 10.2. The summed E-state index contributed by atoms with van der Waals surface area (Å²) in [4.78, 5) is 4.97. The van der Waals surface area contributed by atoms with Gasteiger partial charge >= 0.3 is 0 Å². The monoisotopic (exact) mass is 423 g/mol. The summed E-state index contributed by atoms with van der Waals surface area (Å²) in [6, 6.07) is 23.4. The minimum absolute atomic E-state index is 0.958. The summed E-state index contributed by atoms with van der Waals surface area (Å²) in [5, 5.41) is 0. The summed E-state index contributed by atoms with van der Waals surface area (Å²) in [7, 11) is 0. The third kappa shape index (κ3) is 1.86. The Bertz CT molecular complexity index is 1210. The van der Waals surface area contributed by atoms with Crippen LogP contribution in [0.2, 0.25) is 0 Å². The van der Waals surface area contributed by atoms with Crippen molar-refractivity contribution in [2.24, 2.45) is 0 Å². The smallest absolute Gasteiger partial charge is 0.220 e. The van der Waals surface area contributed by atoms with Gasteiger partial charge in [-0.05, 0) is 65.9 Å². The molecule has 24 heavy (non-hydrogen) atoms. The second kappa shape index (κ2) is 5.08. The molecule has 3 aromatic carbocycles. The molecule has 0 aliphatic carbocycles. The molecule has 0 atom stereocenters. The summed E-state index contributed by atoms with van der Waals surface area (Å²) in [6.07, 6.45) is 0. The van der Waals surface area contributed by atoms with Gasteiger partial charge in [0.05, 0.1) is 16.6 Å². The number of fused-ring (bicyclic) bond motifs is 5. The van der Waals surface area contributed by atoms with Crippen LogP contribution in [-0.4, -0.2) is 14.0 Å². The van der Waals surface area contributed by atoms with Crippen LogP contribution < -0.4 is 0 Å². The molecule has 0 aliphatic rings. The van der Waals surface area contributed by atoms with Crippen LogP contribution in [-0.2, 0) is 0 Å². The molecule has 5 rings (SSSR count). The maximum absolute atomic E-state index is 4.97. The van der Waals surface area contributed by atoms with Crippen molar-refractivity contribution in [2.75, 3.05) is 0 Å². The van der Waals surface area contributed by atoms with Crippen LogP contribution in [0.5, 0.6) is 0 Å². The van der Waals surface area contributed by atoms with Crippen LogP contribution in [0.1, 0.15) is 5.56 Å². The summed E-state index contributed by atoms with van der Waals surface area (Å²) in [6.45, 7) is 2.11. The number of aromatic nitrogens is 3. The van der Waals surface area contributed by atoms with E-state index in [2.05, 4.69) is 105 Å². The van der Waals surface area contributed by atoms with Gasteiger partial charge in [-0.1, -0.05) is 35.9 Å². The van der Waals surface area contributed by atoms with E-state index < -0.39 is 0 Å².